The van der Waals surface area contributed by atoms with Crippen LogP contribution in [0.3, 0.4) is 0 Å². The van der Waals surface area contributed by atoms with Crippen LogP contribution < -0.4 is 10.6 Å². The molecule has 0 saturated carbocycles. The van der Waals surface area contributed by atoms with Gasteiger partial charge in [0.1, 0.15) is 5.82 Å². The van der Waals surface area contributed by atoms with E-state index in [1.165, 1.54) is 18.2 Å². The summed E-state index contributed by atoms with van der Waals surface area (Å²) in [5.74, 6) is -1.77. The zero-order chi connectivity index (χ0) is 21.2. The summed E-state index contributed by atoms with van der Waals surface area (Å²) in [6, 6.07) is 13.2. The molecule has 0 aliphatic rings. The highest BCUT2D eigenvalue weighted by Crippen LogP contribution is 2.17. The molecular formula is C21H23FN2O4S. The molecule has 0 spiro atoms. The Morgan fingerprint density at radius 2 is 1.66 bits per heavy atom. The molecule has 29 heavy (non-hydrogen) atoms. The molecule has 0 aromatic heterocycles. The Labute approximate surface area is 173 Å². The number of nitrogens with one attached hydrogen (secondary N) is 2. The van der Waals surface area contributed by atoms with Gasteiger partial charge < -0.3 is 15.4 Å². The molecule has 0 aliphatic heterocycles. The summed E-state index contributed by atoms with van der Waals surface area (Å²) in [7, 11) is 0. The highest BCUT2D eigenvalue weighted by atomic mass is 32.2. The third-order valence-electron chi connectivity index (χ3n) is 3.83. The maximum atomic E-state index is 13.5. The van der Waals surface area contributed by atoms with Gasteiger partial charge >= 0.3 is 5.97 Å². The monoisotopic (exact) mass is 418 g/mol. The molecule has 0 atom stereocenters. The minimum Gasteiger partial charge on any atom is -0.455 e. The SMILES string of the molecule is CC(C)c1ccc(NC(=O)COC(=O)CSCC(=O)Nc2ccccc2F)cc1. The van der Waals surface area contributed by atoms with Gasteiger partial charge in [0.25, 0.3) is 5.91 Å². The Balaban J connectivity index is 1.64. The van der Waals surface area contributed by atoms with Crippen LogP contribution in [0.1, 0.15) is 25.3 Å². The van der Waals surface area contributed by atoms with Crippen molar-refractivity contribution in [1.29, 1.82) is 0 Å². The molecule has 2 N–H and O–H groups in total. The zero-order valence-electron chi connectivity index (χ0n) is 16.2. The summed E-state index contributed by atoms with van der Waals surface area (Å²) >= 11 is 1.01. The molecule has 154 valence electrons. The topological polar surface area (TPSA) is 84.5 Å². The van der Waals surface area contributed by atoms with E-state index in [9.17, 15) is 18.8 Å². The van der Waals surface area contributed by atoms with E-state index in [2.05, 4.69) is 24.5 Å². The predicted octanol–water partition coefficient (Wildman–Crippen LogP) is 3.80. The second-order valence-corrected chi connectivity index (χ2v) is 7.49. The van der Waals surface area contributed by atoms with Crippen LogP contribution in [0.2, 0.25) is 0 Å². The normalized spacial score (nSPS) is 10.5. The number of carbonyl (C=O) groups excluding carboxylic acids is 3. The Morgan fingerprint density at radius 1 is 0.966 bits per heavy atom. The smallest absolute Gasteiger partial charge is 0.316 e. The Bertz CT molecular complexity index is 856. The van der Waals surface area contributed by atoms with Gasteiger partial charge in [0.05, 0.1) is 17.2 Å². The van der Waals surface area contributed by atoms with E-state index in [4.69, 9.17) is 4.74 Å². The van der Waals surface area contributed by atoms with Crippen LogP contribution in [0.5, 0.6) is 0 Å². The first-order valence-electron chi connectivity index (χ1n) is 9.02. The lowest BCUT2D eigenvalue weighted by molar-refractivity contribution is -0.144. The highest BCUT2D eigenvalue weighted by molar-refractivity contribution is 8.00. The van der Waals surface area contributed by atoms with Crippen molar-refractivity contribution in [2.75, 3.05) is 28.7 Å². The predicted molar refractivity (Wildman–Crippen MR) is 112 cm³/mol. The zero-order valence-corrected chi connectivity index (χ0v) is 17.1. The van der Waals surface area contributed by atoms with Gasteiger partial charge in [0.15, 0.2) is 6.61 Å². The van der Waals surface area contributed by atoms with E-state index in [0.29, 0.717) is 11.6 Å². The second kappa shape index (κ2) is 11.2. The Morgan fingerprint density at radius 3 is 2.31 bits per heavy atom. The summed E-state index contributed by atoms with van der Waals surface area (Å²) < 4.78 is 18.3. The Hall–Kier alpha value is -2.87. The van der Waals surface area contributed by atoms with Crippen LogP contribution in [0.15, 0.2) is 48.5 Å². The molecule has 2 rings (SSSR count). The van der Waals surface area contributed by atoms with Crippen molar-refractivity contribution in [1.82, 2.24) is 0 Å². The van der Waals surface area contributed by atoms with Crippen molar-refractivity contribution >= 4 is 40.9 Å². The van der Waals surface area contributed by atoms with Crippen molar-refractivity contribution in [3.05, 3.63) is 59.9 Å². The van der Waals surface area contributed by atoms with Gasteiger partial charge in [-0.25, -0.2) is 4.39 Å². The first-order valence-corrected chi connectivity index (χ1v) is 10.2. The maximum Gasteiger partial charge on any atom is 0.316 e. The fourth-order valence-electron chi connectivity index (χ4n) is 2.31. The van der Waals surface area contributed by atoms with Crippen molar-refractivity contribution in [3.8, 4) is 0 Å². The molecule has 0 bridgehead atoms. The fourth-order valence-corrected chi connectivity index (χ4v) is 2.92. The van der Waals surface area contributed by atoms with Gasteiger partial charge in [0, 0.05) is 5.69 Å². The third-order valence-corrected chi connectivity index (χ3v) is 4.73. The van der Waals surface area contributed by atoms with Gasteiger partial charge in [-0.2, -0.15) is 0 Å². The molecule has 2 aromatic rings. The molecule has 0 unspecified atom stereocenters. The average Bonchev–Trinajstić information content (AvgIpc) is 2.68. The molecule has 0 aliphatic carbocycles. The molecule has 0 heterocycles. The number of anilines is 2. The van der Waals surface area contributed by atoms with Crippen LogP contribution in [0.4, 0.5) is 15.8 Å². The van der Waals surface area contributed by atoms with E-state index in [1.807, 2.05) is 12.1 Å². The maximum absolute atomic E-state index is 13.5. The Kier molecular flexibility index (Phi) is 8.67. The summed E-state index contributed by atoms with van der Waals surface area (Å²) in [5, 5.41) is 5.07. The lowest BCUT2D eigenvalue weighted by Gasteiger charge is -2.09. The van der Waals surface area contributed by atoms with E-state index in [1.54, 1.807) is 18.2 Å². The number of carbonyl (C=O) groups is 3. The van der Waals surface area contributed by atoms with Crippen molar-refractivity contribution in [3.63, 3.8) is 0 Å². The number of hydrogen-bond acceptors (Lipinski definition) is 5. The van der Waals surface area contributed by atoms with Crippen LogP contribution in [-0.2, 0) is 19.1 Å². The van der Waals surface area contributed by atoms with E-state index < -0.39 is 30.2 Å². The first kappa shape index (κ1) is 22.4. The van der Waals surface area contributed by atoms with Crippen LogP contribution >= 0.6 is 11.8 Å². The molecule has 8 heteroatoms. The number of thioether (sulfide) groups is 1. The van der Waals surface area contributed by atoms with Crippen LogP contribution in [0, 0.1) is 5.82 Å². The number of amides is 2. The number of hydrogen-bond donors (Lipinski definition) is 2. The summed E-state index contributed by atoms with van der Waals surface area (Å²) in [6.45, 7) is 3.75. The van der Waals surface area contributed by atoms with Gasteiger partial charge in [-0.15, -0.1) is 11.8 Å². The lowest BCUT2D eigenvalue weighted by Crippen LogP contribution is -2.22. The number of para-hydroxylation sites is 1. The third kappa shape index (κ3) is 7.95. The molecule has 0 saturated heterocycles. The number of ether oxygens (including phenoxy) is 1. The van der Waals surface area contributed by atoms with E-state index in [-0.39, 0.29) is 17.2 Å². The molecular weight excluding hydrogens is 395 g/mol. The summed E-state index contributed by atoms with van der Waals surface area (Å²) in [6.07, 6.45) is 0. The first-order chi connectivity index (χ1) is 13.8. The molecule has 2 amide bonds. The molecule has 0 radical (unpaired) electrons. The van der Waals surface area contributed by atoms with E-state index in [0.717, 1.165) is 17.3 Å². The highest BCUT2D eigenvalue weighted by Gasteiger charge is 2.11. The minimum absolute atomic E-state index is 0.0438. The number of halogens is 1. The lowest BCUT2D eigenvalue weighted by atomic mass is 10.0. The van der Waals surface area contributed by atoms with Gasteiger partial charge in [-0.3, -0.25) is 14.4 Å². The standard InChI is InChI=1S/C21H23FN2O4S/c1-14(2)15-7-9-16(10-8-15)23-19(25)11-28-21(27)13-29-12-20(26)24-18-6-4-3-5-17(18)22/h3-10,14H,11-13H2,1-2H3,(H,23,25)(H,24,26). The quantitative estimate of drug-likeness (QED) is 0.605. The van der Waals surface area contributed by atoms with Crippen molar-refractivity contribution < 1.29 is 23.5 Å². The van der Waals surface area contributed by atoms with Gasteiger partial charge in [-0.1, -0.05) is 38.1 Å². The van der Waals surface area contributed by atoms with Gasteiger partial charge in [-0.05, 0) is 35.7 Å². The number of esters is 1. The van der Waals surface area contributed by atoms with Crippen molar-refractivity contribution in [2.45, 2.75) is 19.8 Å². The number of benzene rings is 2. The van der Waals surface area contributed by atoms with Crippen LogP contribution in [-0.4, -0.2) is 35.9 Å². The minimum atomic E-state index is -0.612. The molecule has 6 nitrogen and oxygen atoms in total. The summed E-state index contributed by atoms with van der Waals surface area (Å²) in [4.78, 5) is 35.3. The molecule has 2 aromatic carbocycles. The number of rotatable bonds is 9. The van der Waals surface area contributed by atoms with Crippen molar-refractivity contribution in [2.24, 2.45) is 0 Å². The second-order valence-electron chi connectivity index (χ2n) is 6.51. The van der Waals surface area contributed by atoms with Gasteiger partial charge in [0.2, 0.25) is 5.91 Å². The van der Waals surface area contributed by atoms with Crippen LogP contribution in [0.25, 0.3) is 0 Å². The largest absolute Gasteiger partial charge is 0.455 e. The van der Waals surface area contributed by atoms with E-state index >= 15 is 0 Å². The molecule has 0 fully saturated rings. The fraction of sp³-hybridized carbons (Fsp3) is 0.286. The summed E-state index contributed by atoms with van der Waals surface area (Å²) in [5.41, 5.74) is 1.86. The average molecular weight is 418 g/mol.